The van der Waals surface area contributed by atoms with Crippen LogP contribution in [0.3, 0.4) is 0 Å². The summed E-state index contributed by atoms with van der Waals surface area (Å²) in [4.78, 5) is 0. The Balaban J connectivity index is 2.03. The number of hydrogen-bond acceptors (Lipinski definition) is 5. The van der Waals surface area contributed by atoms with E-state index in [0.29, 0.717) is 13.2 Å². The van der Waals surface area contributed by atoms with Crippen molar-refractivity contribution in [2.24, 2.45) is 0 Å². The first-order chi connectivity index (χ1) is 13.5. The minimum atomic E-state index is -2.12. The molecular weight excluding hydrogens is 382 g/mol. The van der Waals surface area contributed by atoms with Crippen LogP contribution in [0.5, 0.6) is 0 Å². The molecular formula is C23H37NO4Si. The molecule has 0 saturated carbocycles. The molecule has 0 saturated heterocycles. The fourth-order valence-electron chi connectivity index (χ4n) is 3.85. The minimum Gasteiger partial charge on any atom is -0.496 e. The summed E-state index contributed by atoms with van der Waals surface area (Å²) in [5, 5.41) is 12.3. The van der Waals surface area contributed by atoms with E-state index >= 15 is 0 Å². The Morgan fingerprint density at radius 1 is 1.21 bits per heavy atom. The summed E-state index contributed by atoms with van der Waals surface area (Å²) in [6.45, 7) is 16.5. The van der Waals surface area contributed by atoms with Crippen LogP contribution < -0.4 is 0 Å². The van der Waals surface area contributed by atoms with E-state index in [-0.39, 0.29) is 17.7 Å². The van der Waals surface area contributed by atoms with Gasteiger partial charge in [0.2, 0.25) is 8.32 Å². The van der Waals surface area contributed by atoms with E-state index in [1.54, 1.807) is 0 Å². The fourth-order valence-corrected chi connectivity index (χ4v) is 4.89. The molecule has 3 rings (SSSR count). The minimum absolute atomic E-state index is 0.0547. The van der Waals surface area contributed by atoms with Crippen molar-refractivity contribution in [3.8, 4) is 0 Å². The normalized spacial score (nSPS) is 24.6. The first-order valence-electron chi connectivity index (χ1n) is 10.6. The molecule has 0 unspecified atom stereocenters. The van der Waals surface area contributed by atoms with E-state index in [0.717, 1.165) is 17.7 Å². The van der Waals surface area contributed by atoms with Gasteiger partial charge in [0.15, 0.2) is 0 Å². The van der Waals surface area contributed by atoms with Crippen LogP contribution in [0.2, 0.25) is 18.1 Å². The third-order valence-electron chi connectivity index (χ3n) is 6.52. The Morgan fingerprint density at radius 2 is 1.86 bits per heavy atom. The highest BCUT2D eigenvalue weighted by Gasteiger charge is 2.50. The summed E-state index contributed by atoms with van der Waals surface area (Å²) in [5.74, 6) is 0.926. The number of rotatable bonds is 6. The molecule has 0 bridgehead atoms. The van der Waals surface area contributed by atoms with Gasteiger partial charge in [0.1, 0.15) is 17.9 Å². The highest BCUT2D eigenvalue weighted by Crippen LogP contribution is 2.44. The number of aliphatic hydroxyl groups is 1. The fraction of sp³-hybridized carbons (Fsp3) is 0.652. The molecule has 0 amide bonds. The van der Waals surface area contributed by atoms with Crippen molar-refractivity contribution in [1.82, 2.24) is 5.06 Å². The van der Waals surface area contributed by atoms with Crippen LogP contribution in [-0.2, 0) is 20.5 Å². The molecule has 162 valence electrons. The number of hydroxylamine groups is 2. The van der Waals surface area contributed by atoms with Crippen molar-refractivity contribution in [3.63, 3.8) is 0 Å². The van der Waals surface area contributed by atoms with Gasteiger partial charge in [-0.3, -0.25) is 0 Å². The zero-order chi connectivity index (χ0) is 21.4. The van der Waals surface area contributed by atoms with E-state index in [1.807, 2.05) is 23.3 Å². The Hall–Kier alpha value is -1.18. The van der Waals surface area contributed by atoms with E-state index in [9.17, 15) is 5.11 Å². The number of aliphatic hydroxyl groups excluding tert-OH is 1. The Bertz CT molecular complexity index is 739. The average molecular weight is 420 g/mol. The lowest BCUT2D eigenvalue weighted by atomic mass is 9.88. The number of nitrogens with zero attached hydrogens (tertiary/aromatic N) is 1. The van der Waals surface area contributed by atoms with Crippen LogP contribution >= 0.6 is 0 Å². The Kier molecular flexibility index (Phi) is 6.33. The SMILES string of the molecule is CC1(C)O[C@H](CO)[C@H](N(Cc2ccccc2)O[Si](C)(C)C(C)(C)C)C2=C1CCO2. The van der Waals surface area contributed by atoms with Gasteiger partial charge in [0.05, 0.1) is 18.8 Å². The van der Waals surface area contributed by atoms with Crippen molar-refractivity contribution < 1.29 is 19.1 Å². The number of hydrogen-bond donors (Lipinski definition) is 1. The van der Waals surface area contributed by atoms with Gasteiger partial charge in [-0.05, 0) is 37.5 Å². The third kappa shape index (κ3) is 4.62. The van der Waals surface area contributed by atoms with Crippen LogP contribution in [-0.4, -0.2) is 49.4 Å². The first-order valence-corrected chi connectivity index (χ1v) is 13.5. The first kappa shape index (κ1) is 22.5. The maximum atomic E-state index is 10.2. The summed E-state index contributed by atoms with van der Waals surface area (Å²) in [6.07, 6.45) is 0.450. The van der Waals surface area contributed by atoms with Crippen molar-refractivity contribution in [2.75, 3.05) is 13.2 Å². The van der Waals surface area contributed by atoms with Gasteiger partial charge in [0, 0.05) is 18.5 Å². The molecule has 0 fully saturated rings. The summed E-state index contributed by atoms with van der Waals surface area (Å²) in [5.41, 5.74) is 1.91. The van der Waals surface area contributed by atoms with Gasteiger partial charge in [0.25, 0.3) is 0 Å². The highest BCUT2D eigenvalue weighted by atomic mass is 28.4. The maximum absolute atomic E-state index is 10.2. The molecule has 1 aromatic carbocycles. The largest absolute Gasteiger partial charge is 0.496 e. The summed E-state index contributed by atoms with van der Waals surface area (Å²) in [7, 11) is -2.12. The molecule has 0 aromatic heterocycles. The smallest absolute Gasteiger partial charge is 0.220 e. The average Bonchev–Trinajstić information content (AvgIpc) is 3.11. The number of benzene rings is 1. The van der Waals surface area contributed by atoms with Gasteiger partial charge in [-0.15, -0.1) is 0 Å². The monoisotopic (exact) mass is 419 g/mol. The van der Waals surface area contributed by atoms with E-state index in [1.165, 1.54) is 5.57 Å². The molecule has 0 aliphatic carbocycles. The predicted octanol–water partition coefficient (Wildman–Crippen LogP) is 4.64. The quantitative estimate of drug-likeness (QED) is 0.538. The standard InChI is InChI=1S/C23H37NO4Si/c1-22(2,3)29(6,7)28-24(15-17-11-9-8-10-12-17)20-19(16-25)27-23(4,5)18-13-14-26-21(18)20/h8-12,19-20,25H,13-16H2,1-7H3/t19-,20+/m1/s1. The van der Waals surface area contributed by atoms with Crippen LogP contribution in [0.25, 0.3) is 0 Å². The second-order valence-corrected chi connectivity index (χ2v) is 14.9. The Morgan fingerprint density at radius 3 is 2.45 bits per heavy atom. The number of ether oxygens (including phenoxy) is 2. The molecule has 2 atom stereocenters. The predicted molar refractivity (Wildman–Crippen MR) is 118 cm³/mol. The lowest BCUT2D eigenvalue weighted by Crippen LogP contribution is -2.58. The molecule has 1 aromatic rings. The molecule has 2 aliphatic rings. The van der Waals surface area contributed by atoms with Crippen LogP contribution in [0.15, 0.2) is 41.7 Å². The van der Waals surface area contributed by atoms with E-state index in [2.05, 4.69) is 59.8 Å². The van der Waals surface area contributed by atoms with Crippen molar-refractivity contribution >= 4 is 8.32 Å². The van der Waals surface area contributed by atoms with Crippen LogP contribution in [0.1, 0.15) is 46.6 Å². The molecule has 0 spiro atoms. The van der Waals surface area contributed by atoms with Crippen molar-refractivity contribution in [2.45, 2.75) is 83.5 Å². The van der Waals surface area contributed by atoms with Gasteiger partial charge in [-0.2, -0.15) is 5.06 Å². The highest BCUT2D eigenvalue weighted by molar-refractivity contribution is 6.74. The zero-order valence-electron chi connectivity index (χ0n) is 19.0. The van der Waals surface area contributed by atoms with Gasteiger partial charge in [-0.25, -0.2) is 0 Å². The second-order valence-electron chi connectivity index (χ2n) is 10.1. The van der Waals surface area contributed by atoms with Gasteiger partial charge < -0.3 is 19.1 Å². The topological polar surface area (TPSA) is 51.2 Å². The molecule has 29 heavy (non-hydrogen) atoms. The van der Waals surface area contributed by atoms with Crippen LogP contribution in [0.4, 0.5) is 0 Å². The summed E-state index contributed by atoms with van der Waals surface area (Å²) >= 11 is 0. The maximum Gasteiger partial charge on any atom is 0.220 e. The van der Waals surface area contributed by atoms with Crippen LogP contribution in [0, 0.1) is 0 Å². The van der Waals surface area contributed by atoms with Gasteiger partial charge >= 0.3 is 0 Å². The Labute approximate surface area is 176 Å². The molecule has 5 nitrogen and oxygen atoms in total. The molecule has 1 N–H and O–H groups in total. The molecule has 2 heterocycles. The molecule has 2 aliphatic heterocycles. The molecule has 0 radical (unpaired) electrons. The third-order valence-corrected chi connectivity index (χ3v) is 10.8. The summed E-state index contributed by atoms with van der Waals surface area (Å²) < 4.78 is 19.3. The zero-order valence-corrected chi connectivity index (χ0v) is 20.0. The van der Waals surface area contributed by atoms with Gasteiger partial charge in [-0.1, -0.05) is 51.1 Å². The van der Waals surface area contributed by atoms with Crippen molar-refractivity contribution in [1.29, 1.82) is 0 Å². The lowest BCUT2D eigenvalue weighted by molar-refractivity contribution is -0.192. The summed E-state index contributed by atoms with van der Waals surface area (Å²) in [6, 6.07) is 10.1. The second kappa shape index (κ2) is 8.15. The van der Waals surface area contributed by atoms with Crippen molar-refractivity contribution in [3.05, 3.63) is 47.2 Å². The lowest BCUT2D eigenvalue weighted by Gasteiger charge is -2.48. The molecule has 6 heteroatoms. The van der Waals surface area contributed by atoms with E-state index in [4.69, 9.17) is 14.0 Å². The van der Waals surface area contributed by atoms with E-state index < -0.39 is 20.0 Å².